The molecule has 2 aromatic carbocycles. The van der Waals surface area contributed by atoms with Gasteiger partial charge in [-0.15, -0.1) is 0 Å². The molecule has 0 saturated heterocycles. The molecular formula is C14H14N4O4. The van der Waals surface area contributed by atoms with Crippen LogP contribution in [-0.2, 0) is 13.1 Å². The number of nitrogens with zero attached hydrogens (tertiary/aromatic N) is 3. The van der Waals surface area contributed by atoms with Crippen molar-refractivity contribution < 1.29 is 9.96 Å². The number of rotatable bonds is 7. The van der Waals surface area contributed by atoms with Crippen molar-refractivity contribution in [2.45, 2.75) is 13.1 Å². The molecule has 2 aromatic rings. The minimum Gasteiger partial charge on any atom is -0.258 e. The molecule has 8 nitrogen and oxygen atoms in total. The lowest BCUT2D eigenvalue weighted by Crippen LogP contribution is -2.41. The van der Waals surface area contributed by atoms with Crippen LogP contribution in [0.3, 0.4) is 0 Å². The third kappa shape index (κ3) is 4.25. The Morgan fingerprint density at radius 3 is 2.27 bits per heavy atom. The van der Waals surface area contributed by atoms with Gasteiger partial charge in [-0.2, -0.15) is 5.43 Å². The van der Waals surface area contributed by atoms with Crippen LogP contribution in [0.15, 0.2) is 54.6 Å². The third-order valence-corrected chi connectivity index (χ3v) is 2.96. The molecule has 1 N–H and O–H groups in total. The van der Waals surface area contributed by atoms with Gasteiger partial charge in [0.25, 0.3) is 5.69 Å². The maximum absolute atomic E-state index is 11.1. The summed E-state index contributed by atoms with van der Waals surface area (Å²) in [6.45, 7) is 0.207. The zero-order chi connectivity index (χ0) is 15.9. The van der Waals surface area contributed by atoms with Crippen molar-refractivity contribution in [1.82, 2.24) is 10.5 Å². The average Bonchev–Trinajstić information content (AvgIpc) is 2.52. The lowest BCUT2D eigenvalue weighted by atomic mass is 10.2. The van der Waals surface area contributed by atoms with Crippen LogP contribution >= 0.6 is 0 Å². The van der Waals surface area contributed by atoms with Crippen LogP contribution in [0, 0.1) is 20.2 Å². The summed E-state index contributed by atoms with van der Waals surface area (Å²) in [4.78, 5) is 21.3. The van der Waals surface area contributed by atoms with Crippen LogP contribution in [0.1, 0.15) is 11.1 Å². The second-order valence-electron chi connectivity index (χ2n) is 4.54. The van der Waals surface area contributed by atoms with Gasteiger partial charge in [0.05, 0.1) is 4.92 Å². The zero-order valence-electron chi connectivity index (χ0n) is 11.6. The van der Waals surface area contributed by atoms with E-state index in [1.54, 1.807) is 36.4 Å². The van der Waals surface area contributed by atoms with Gasteiger partial charge in [-0.05, 0) is 16.2 Å². The number of hydrazine groups is 2. The highest BCUT2D eigenvalue weighted by molar-refractivity contribution is 5.34. The Morgan fingerprint density at radius 1 is 0.955 bits per heavy atom. The van der Waals surface area contributed by atoms with E-state index in [1.165, 1.54) is 12.1 Å². The number of benzene rings is 2. The molecule has 22 heavy (non-hydrogen) atoms. The van der Waals surface area contributed by atoms with E-state index in [1.807, 2.05) is 6.07 Å². The molecule has 0 aliphatic carbocycles. The summed E-state index contributed by atoms with van der Waals surface area (Å²) < 4.78 is 0. The summed E-state index contributed by atoms with van der Waals surface area (Å²) in [7, 11) is 0. The van der Waals surface area contributed by atoms with Crippen molar-refractivity contribution in [2.24, 2.45) is 0 Å². The predicted octanol–water partition coefficient (Wildman–Crippen LogP) is 2.29. The van der Waals surface area contributed by atoms with E-state index in [4.69, 9.17) is 0 Å². The molecular weight excluding hydrogens is 288 g/mol. The molecule has 2 rings (SSSR count). The first kappa shape index (κ1) is 15.4. The molecule has 0 aromatic heterocycles. The van der Waals surface area contributed by atoms with E-state index in [0.29, 0.717) is 5.56 Å². The van der Waals surface area contributed by atoms with Gasteiger partial charge in [0.2, 0.25) is 0 Å². The van der Waals surface area contributed by atoms with Crippen LogP contribution in [-0.4, -0.2) is 15.1 Å². The van der Waals surface area contributed by atoms with E-state index in [-0.39, 0.29) is 18.8 Å². The summed E-state index contributed by atoms with van der Waals surface area (Å²) >= 11 is 0. The normalized spacial score (nSPS) is 10.2. The van der Waals surface area contributed by atoms with Crippen LogP contribution in [0.5, 0.6) is 0 Å². The van der Waals surface area contributed by atoms with Gasteiger partial charge in [0, 0.05) is 18.7 Å². The lowest BCUT2D eigenvalue weighted by Gasteiger charge is -2.15. The summed E-state index contributed by atoms with van der Waals surface area (Å²) in [6, 6.07) is 15.0. The van der Waals surface area contributed by atoms with Gasteiger partial charge in [-0.25, -0.2) is 10.1 Å². The summed E-state index contributed by atoms with van der Waals surface area (Å²) in [5.74, 6) is 0. The highest BCUT2D eigenvalue weighted by atomic mass is 16.7. The summed E-state index contributed by atoms with van der Waals surface area (Å²) in [5, 5.41) is 22.1. The summed E-state index contributed by atoms with van der Waals surface area (Å²) in [5.41, 5.74) is 3.99. The zero-order valence-corrected chi connectivity index (χ0v) is 11.6. The monoisotopic (exact) mass is 302 g/mol. The quantitative estimate of drug-likeness (QED) is 0.622. The van der Waals surface area contributed by atoms with Crippen molar-refractivity contribution in [3.63, 3.8) is 0 Å². The van der Waals surface area contributed by atoms with Gasteiger partial charge in [0.15, 0.2) is 5.03 Å². The second kappa shape index (κ2) is 7.14. The fourth-order valence-electron chi connectivity index (χ4n) is 1.89. The number of nitrogens with one attached hydrogen (secondary N) is 1. The van der Waals surface area contributed by atoms with Crippen molar-refractivity contribution in [3.8, 4) is 0 Å². The molecule has 0 amide bonds. The molecule has 0 aliphatic heterocycles. The molecule has 0 saturated carbocycles. The van der Waals surface area contributed by atoms with Gasteiger partial charge in [0.1, 0.15) is 6.54 Å². The molecule has 0 heterocycles. The highest BCUT2D eigenvalue weighted by Crippen LogP contribution is 2.13. The first-order chi connectivity index (χ1) is 10.6. The van der Waals surface area contributed by atoms with Gasteiger partial charge < -0.3 is 0 Å². The molecule has 0 bridgehead atoms. The second-order valence-corrected chi connectivity index (χ2v) is 4.54. The maximum atomic E-state index is 11.1. The Balaban J connectivity index is 2.01. The minimum atomic E-state index is -0.551. The third-order valence-electron chi connectivity index (χ3n) is 2.96. The van der Waals surface area contributed by atoms with E-state index in [2.05, 4.69) is 5.43 Å². The van der Waals surface area contributed by atoms with Gasteiger partial charge in [-0.3, -0.25) is 10.1 Å². The van der Waals surface area contributed by atoms with Gasteiger partial charge in [-0.1, -0.05) is 42.5 Å². The highest BCUT2D eigenvalue weighted by Gasteiger charge is 2.15. The minimum absolute atomic E-state index is 0.0463. The Hall–Kier alpha value is -3.00. The lowest BCUT2D eigenvalue weighted by molar-refractivity contribution is -0.675. The SMILES string of the molecule is O=[N+]([O-])c1cccc(CNN(Cc2ccccc2)[N+](=O)[O-])c1. The predicted molar refractivity (Wildman–Crippen MR) is 78.9 cm³/mol. The Morgan fingerprint density at radius 2 is 1.64 bits per heavy atom. The van der Waals surface area contributed by atoms with Crippen LogP contribution < -0.4 is 5.43 Å². The van der Waals surface area contributed by atoms with Crippen molar-refractivity contribution in [2.75, 3.05) is 0 Å². The van der Waals surface area contributed by atoms with E-state index < -0.39 is 9.96 Å². The fraction of sp³-hybridized carbons (Fsp3) is 0.143. The molecule has 114 valence electrons. The van der Waals surface area contributed by atoms with E-state index in [9.17, 15) is 20.2 Å². The fourth-order valence-corrected chi connectivity index (χ4v) is 1.89. The van der Waals surface area contributed by atoms with Crippen LogP contribution in [0.2, 0.25) is 0 Å². The molecule has 0 spiro atoms. The standard InChI is InChI=1S/C14H14N4O4/c19-17(20)14-8-4-7-13(9-14)10-15-16(18(21)22)11-12-5-2-1-3-6-12/h1-9,15H,10-11H2. The molecule has 0 aliphatic rings. The number of nitro groups is 2. The maximum Gasteiger partial charge on any atom is 0.269 e. The number of hydrogen-bond donors (Lipinski definition) is 1. The Bertz CT molecular complexity index is 663. The van der Waals surface area contributed by atoms with Crippen LogP contribution in [0.4, 0.5) is 5.69 Å². The number of hydrogen-bond acceptors (Lipinski definition) is 5. The smallest absolute Gasteiger partial charge is 0.258 e. The number of non-ortho nitro benzene ring substituents is 1. The molecule has 0 unspecified atom stereocenters. The van der Waals surface area contributed by atoms with Crippen molar-refractivity contribution in [1.29, 1.82) is 0 Å². The number of nitro benzene ring substituents is 1. The Labute approximate surface area is 126 Å². The van der Waals surface area contributed by atoms with Crippen molar-refractivity contribution >= 4 is 5.69 Å². The molecule has 0 radical (unpaired) electrons. The molecule has 0 fully saturated rings. The largest absolute Gasteiger partial charge is 0.269 e. The van der Waals surface area contributed by atoms with Crippen LogP contribution in [0.25, 0.3) is 0 Å². The summed E-state index contributed by atoms with van der Waals surface area (Å²) in [6.07, 6.45) is 0. The Kier molecular flexibility index (Phi) is 4.99. The van der Waals surface area contributed by atoms with E-state index >= 15 is 0 Å². The van der Waals surface area contributed by atoms with E-state index in [0.717, 1.165) is 10.7 Å². The first-order valence-corrected chi connectivity index (χ1v) is 6.49. The van der Waals surface area contributed by atoms with Crippen molar-refractivity contribution in [3.05, 3.63) is 86.0 Å². The topological polar surface area (TPSA) is 102 Å². The molecule has 8 heteroatoms. The van der Waals surface area contributed by atoms with Gasteiger partial charge >= 0.3 is 0 Å². The molecule has 0 atom stereocenters. The average molecular weight is 302 g/mol. The first-order valence-electron chi connectivity index (χ1n) is 6.49.